The Balaban J connectivity index is 2.15. The van der Waals surface area contributed by atoms with E-state index in [1.54, 1.807) is 11.3 Å². The van der Waals surface area contributed by atoms with Crippen molar-refractivity contribution >= 4 is 11.3 Å². The van der Waals surface area contributed by atoms with E-state index in [4.69, 9.17) is 0 Å². The molecular weight excluding hydrogens is 168 g/mol. The zero-order valence-corrected chi connectivity index (χ0v) is 8.10. The van der Waals surface area contributed by atoms with Crippen LogP contribution in [0, 0.1) is 5.41 Å². The molecular formula is C10H14OS. The third-order valence-electron chi connectivity index (χ3n) is 2.99. The van der Waals surface area contributed by atoms with Crippen LogP contribution in [-0.4, -0.2) is 5.11 Å². The Labute approximate surface area is 77.0 Å². The van der Waals surface area contributed by atoms with Gasteiger partial charge in [0, 0.05) is 10.3 Å². The number of aliphatic hydroxyl groups is 1. The number of aliphatic hydroxyl groups excluding tert-OH is 1. The second-order valence-electron chi connectivity index (χ2n) is 3.63. The zero-order chi connectivity index (χ0) is 8.60. The Hall–Kier alpha value is -0.340. The molecule has 1 aliphatic rings. The van der Waals surface area contributed by atoms with Crippen molar-refractivity contribution in [2.45, 2.75) is 32.3 Å². The molecule has 66 valence electrons. The Kier molecular flexibility index (Phi) is 1.97. The van der Waals surface area contributed by atoms with E-state index < -0.39 is 0 Å². The predicted molar refractivity (Wildman–Crippen MR) is 51.2 cm³/mol. The largest absolute Gasteiger partial charge is 0.387 e. The summed E-state index contributed by atoms with van der Waals surface area (Å²) < 4.78 is 0. The molecule has 2 rings (SSSR count). The molecule has 2 heteroatoms. The van der Waals surface area contributed by atoms with Crippen LogP contribution in [0.4, 0.5) is 0 Å². The molecule has 1 unspecified atom stereocenters. The van der Waals surface area contributed by atoms with Crippen molar-refractivity contribution in [3.63, 3.8) is 0 Å². The molecule has 0 bridgehead atoms. The van der Waals surface area contributed by atoms with E-state index in [9.17, 15) is 5.11 Å². The summed E-state index contributed by atoms with van der Waals surface area (Å²) in [4.78, 5) is 1.13. The van der Waals surface area contributed by atoms with Crippen molar-refractivity contribution < 1.29 is 5.11 Å². The summed E-state index contributed by atoms with van der Waals surface area (Å²) in [5.74, 6) is 0. The zero-order valence-electron chi connectivity index (χ0n) is 7.29. The fraction of sp³-hybridized carbons (Fsp3) is 0.600. The molecule has 1 N–H and O–H groups in total. The highest BCUT2D eigenvalue weighted by Crippen LogP contribution is 2.57. The van der Waals surface area contributed by atoms with Gasteiger partial charge < -0.3 is 5.11 Å². The monoisotopic (exact) mass is 182 g/mol. The Morgan fingerprint density at radius 3 is 2.83 bits per heavy atom. The highest BCUT2D eigenvalue weighted by Gasteiger charge is 2.47. The third-order valence-corrected chi connectivity index (χ3v) is 3.91. The minimum Gasteiger partial charge on any atom is -0.387 e. The van der Waals surface area contributed by atoms with Crippen LogP contribution in [0.25, 0.3) is 0 Å². The van der Waals surface area contributed by atoms with Crippen LogP contribution in [0.15, 0.2) is 17.5 Å². The van der Waals surface area contributed by atoms with Crippen molar-refractivity contribution in [3.8, 4) is 0 Å². The summed E-state index contributed by atoms with van der Waals surface area (Å²) in [6, 6.07) is 4.04. The first-order chi connectivity index (χ1) is 5.78. The molecule has 1 aromatic rings. The number of hydrogen-bond donors (Lipinski definition) is 1. The van der Waals surface area contributed by atoms with Crippen molar-refractivity contribution in [3.05, 3.63) is 22.4 Å². The molecule has 1 nitrogen and oxygen atoms in total. The first-order valence-electron chi connectivity index (χ1n) is 4.50. The minimum absolute atomic E-state index is 0.206. The van der Waals surface area contributed by atoms with E-state index >= 15 is 0 Å². The normalized spacial score (nSPS) is 22.2. The van der Waals surface area contributed by atoms with Crippen LogP contribution in [0.1, 0.15) is 37.2 Å². The predicted octanol–water partition coefficient (Wildman–Crippen LogP) is 2.97. The minimum atomic E-state index is -0.206. The van der Waals surface area contributed by atoms with Gasteiger partial charge in [0.15, 0.2) is 0 Å². The average Bonchev–Trinajstić information content (AvgIpc) is 2.71. The second kappa shape index (κ2) is 2.86. The third kappa shape index (κ3) is 1.19. The SMILES string of the molecule is CCC1(C(O)c2cccs2)CC1. The van der Waals surface area contributed by atoms with Crippen molar-refractivity contribution in [1.29, 1.82) is 0 Å². The first kappa shape index (κ1) is 8.27. The molecule has 0 radical (unpaired) electrons. The first-order valence-corrected chi connectivity index (χ1v) is 5.38. The van der Waals surface area contributed by atoms with Crippen LogP contribution in [0.2, 0.25) is 0 Å². The van der Waals surface area contributed by atoms with Gasteiger partial charge in [0.2, 0.25) is 0 Å². The van der Waals surface area contributed by atoms with Crippen LogP contribution in [-0.2, 0) is 0 Å². The van der Waals surface area contributed by atoms with E-state index in [1.165, 1.54) is 12.8 Å². The molecule has 1 atom stereocenters. The molecule has 12 heavy (non-hydrogen) atoms. The van der Waals surface area contributed by atoms with Crippen molar-refractivity contribution in [1.82, 2.24) is 0 Å². The molecule has 0 spiro atoms. The number of rotatable bonds is 3. The van der Waals surface area contributed by atoms with E-state index in [0.29, 0.717) is 0 Å². The van der Waals surface area contributed by atoms with Gasteiger partial charge >= 0.3 is 0 Å². The maximum atomic E-state index is 10.0. The van der Waals surface area contributed by atoms with Gasteiger partial charge in [0.05, 0.1) is 6.10 Å². The summed E-state index contributed by atoms with van der Waals surface area (Å²) in [6.07, 6.45) is 3.29. The smallest absolute Gasteiger partial charge is 0.0937 e. The molecule has 1 aliphatic carbocycles. The summed E-state index contributed by atoms with van der Waals surface area (Å²) in [5, 5.41) is 12.0. The fourth-order valence-corrected chi connectivity index (χ4v) is 2.58. The molecule has 0 amide bonds. The lowest BCUT2D eigenvalue weighted by Crippen LogP contribution is -2.10. The van der Waals surface area contributed by atoms with Crippen molar-refractivity contribution in [2.24, 2.45) is 5.41 Å². The number of hydrogen-bond acceptors (Lipinski definition) is 2. The molecule has 1 saturated carbocycles. The van der Waals surface area contributed by atoms with Gasteiger partial charge in [-0.15, -0.1) is 11.3 Å². The van der Waals surface area contributed by atoms with Gasteiger partial charge in [0.25, 0.3) is 0 Å². The molecule has 0 aromatic carbocycles. The van der Waals surface area contributed by atoms with E-state index in [0.717, 1.165) is 11.3 Å². The van der Waals surface area contributed by atoms with Crippen LogP contribution in [0.3, 0.4) is 0 Å². The summed E-state index contributed by atoms with van der Waals surface area (Å²) in [6.45, 7) is 2.17. The van der Waals surface area contributed by atoms with Gasteiger partial charge in [-0.25, -0.2) is 0 Å². The van der Waals surface area contributed by atoms with Crippen molar-refractivity contribution in [2.75, 3.05) is 0 Å². The van der Waals surface area contributed by atoms with Gasteiger partial charge in [-0.1, -0.05) is 13.0 Å². The molecule has 1 fully saturated rings. The quantitative estimate of drug-likeness (QED) is 0.762. The highest BCUT2D eigenvalue weighted by molar-refractivity contribution is 7.10. The Morgan fingerprint density at radius 1 is 1.67 bits per heavy atom. The van der Waals surface area contributed by atoms with E-state index in [1.807, 2.05) is 17.5 Å². The van der Waals surface area contributed by atoms with Gasteiger partial charge in [-0.3, -0.25) is 0 Å². The lowest BCUT2D eigenvalue weighted by Gasteiger charge is -2.18. The summed E-state index contributed by atoms with van der Waals surface area (Å²) >= 11 is 1.66. The average molecular weight is 182 g/mol. The maximum Gasteiger partial charge on any atom is 0.0937 e. The van der Waals surface area contributed by atoms with E-state index in [2.05, 4.69) is 6.92 Å². The number of thiophene rings is 1. The Morgan fingerprint density at radius 2 is 2.42 bits per heavy atom. The van der Waals surface area contributed by atoms with Gasteiger partial charge in [-0.2, -0.15) is 0 Å². The Bertz CT molecular complexity index is 249. The fourth-order valence-electron chi connectivity index (χ4n) is 1.73. The molecule has 1 aromatic heterocycles. The standard InChI is InChI=1S/C10H14OS/c1-2-10(5-6-10)9(11)8-4-3-7-12-8/h3-4,7,9,11H,2,5-6H2,1H3. The van der Waals surface area contributed by atoms with Crippen LogP contribution >= 0.6 is 11.3 Å². The molecule has 0 saturated heterocycles. The second-order valence-corrected chi connectivity index (χ2v) is 4.61. The topological polar surface area (TPSA) is 20.2 Å². The van der Waals surface area contributed by atoms with E-state index in [-0.39, 0.29) is 11.5 Å². The summed E-state index contributed by atoms with van der Waals surface area (Å²) in [5.41, 5.74) is 0.241. The van der Waals surface area contributed by atoms with Crippen LogP contribution in [0.5, 0.6) is 0 Å². The maximum absolute atomic E-state index is 10.0. The van der Waals surface area contributed by atoms with Gasteiger partial charge in [-0.05, 0) is 30.7 Å². The van der Waals surface area contributed by atoms with Crippen LogP contribution < -0.4 is 0 Å². The van der Waals surface area contributed by atoms with Gasteiger partial charge in [0.1, 0.15) is 0 Å². The summed E-state index contributed by atoms with van der Waals surface area (Å²) in [7, 11) is 0. The lowest BCUT2D eigenvalue weighted by molar-refractivity contribution is 0.0935. The molecule has 1 heterocycles. The highest BCUT2D eigenvalue weighted by atomic mass is 32.1. The lowest BCUT2D eigenvalue weighted by atomic mass is 9.95. The molecule has 0 aliphatic heterocycles.